The fourth-order valence-electron chi connectivity index (χ4n) is 3.97. The van der Waals surface area contributed by atoms with Crippen LogP contribution in [0.15, 0.2) is 58.1 Å². The van der Waals surface area contributed by atoms with Crippen molar-refractivity contribution in [1.82, 2.24) is 4.57 Å². The lowest BCUT2D eigenvalue weighted by molar-refractivity contribution is -0.142. The molecule has 0 saturated carbocycles. The Balaban J connectivity index is 1.75. The van der Waals surface area contributed by atoms with Crippen molar-refractivity contribution >= 4 is 75.0 Å². The third kappa shape index (κ3) is 2.84. The van der Waals surface area contributed by atoms with Gasteiger partial charge in [-0.05, 0) is 42.0 Å². The smallest absolute Gasteiger partial charge is 0.319 e. The first-order valence-electron chi connectivity index (χ1n) is 9.51. The van der Waals surface area contributed by atoms with Gasteiger partial charge in [0.15, 0.2) is 0 Å². The zero-order valence-electron chi connectivity index (χ0n) is 16.0. The third-order valence-corrected chi connectivity index (χ3v) is 6.86. The van der Waals surface area contributed by atoms with Crippen molar-refractivity contribution in [3.05, 3.63) is 69.2 Å². The molecule has 0 spiro atoms. The summed E-state index contributed by atoms with van der Waals surface area (Å²) in [5.74, 6) is -0.429. The van der Waals surface area contributed by atoms with Gasteiger partial charge >= 0.3 is 5.97 Å². The quantitative estimate of drug-likeness (QED) is 0.162. The number of ether oxygens (including phenoxy) is 1. The molecule has 30 heavy (non-hydrogen) atoms. The number of pyridine rings is 1. The number of halogens is 1. The summed E-state index contributed by atoms with van der Waals surface area (Å²) in [6, 6.07) is 15.6. The molecule has 0 radical (unpaired) electrons. The molecule has 0 saturated heterocycles. The lowest BCUT2D eigenvalue weighted by atomic mass is 9.98. The number of fused-ring (bicyclic) bond motifs is 2. The zero-order chi connectivity index (χ0) is 21.0. The van der Waals surface area contributed by atoms with Crippen LogP contribution in [0, 0.1) is 0 Å². The summed E-state index contributed by atoms with van der Waals surface area (Å²) in [5.41, 5.74) is -0.717. The van der Waals surface area contributed by atoms with Crippen LogP contribution in [0.3, 0.4) is 0 Å². The molecular formula is C23H16BrNO4S. The highest BCUT2D eigenvalue weighted by Crippen LogP contribution is 2.39. The van der Waals surface area contributed by atoms with E-state index in [1.807, 2.05) is 24.3 Å². The van der Waals surface area contributed by atoms with Crippen molar-refractivity contribution in [1.29, 1.82) is 0 Å². The van der Waals surface area contributed by atoms with E-state index in [2.05, 4.69) is 28.1 Å². The first kappa shape index (κ1) is 19.2. The second-order valence-corrected chi connectivity index (χ2v) is 9.62. The van der Waals surface area contributed by atoms with Gasteiger partial charge in [0.25, 0.3) is 11.1 Å². The van der Waals surface area contributed by atoms with E-state index in [0.717, 1.165) is 30.1 Å². The van der Waals surface area contributed by atoms with Gasteiger partial charge in [0.2, 0.25) is 0 Å². The molecule has 150 valence electrons. The second kappa shape index (κ2) is 7.18. The number of carbonyl (C=O) groups excluding carboxylic acids is 1. The Labute approximate surface area is 183 Å². The highest BCUT2D eigenvalue weighted by atomic mass is 79.9. The topological polar surface area (TPSA) is 65.4 Å². The van der Waals surface area contributed by atoms with Crippen LogP contribution in [0.1, 0.15) is 6.92 Å². The molecule has 2 aromatic heterocycles. The number of esters is 1. The van der Waals surface area contributed by atoms with E-state index >= 15 is 0 Å². The van der Waals surface area contributed by atoms with Crippen molar-refractivity contribution in [2.24, 2.45) is 0 Å². The number of hydrogen-bond acceptors (Lipinski definition) is 5. The minimum absolute atomic E-state index is 0.0190. The van der Waals surface area contributed by atoms with Gasteiger partial charge in [-0.15, -0.1) is 11.3 Å². The Hall–Kier alpha value is -2.77. The van der Waals surface area contributed by atoms with E-state index in [-0.39, 0.29) is 24.3 Å². The Morgan fingerprint density at radius 3 is 2.33 bits per heavy atom. The molecule has 1 atom stereocenters. The molecule has 0 fully saturated rings. The van der Waals surface area contributed by atoms with Crippen molar-refractivity contribution in [2.75, 3.05) is 6.61 Å². The highest BCUT2D eigenvalue weighted by Gasteiger charge is 2.18. The van der Waals surface area contributed by atoms with Crippen LogP contribution < -0.4 is 11.1 Å². The molecule has 0 aliphatic carbocycles. The molecule has 0 N–H and O–H groups in total. The van der Waals surface area contributed by atoms with E-state index in [1.165, 1.54) is 0 Å². The van der Waals surface area contributed by atoms with Gasteiger partial charge in [0.05, 0.1) is 6.54 Å². The van der Waals surface area contributed by atoms with Gasteiger partial charge in [-0.3, -0.25) is 19.0 Å². The normalized spacial score (nSPS) is 12.9. The Morgan fingerprint density at radius 1 is 0.933 bits per heavy atom. The molecule has 0 aliphatic rings. The first-order valence-corrected chi connectivity index (χ1v) is 11.2. The predicted molar refractivity (Wildman–Crippen MR) is 125 cm³/mol. The van der Waals surface area contributed by atoms with Gasteiger partial charge < -0.3 is 4.74 Å². The fraction of sp³-hybridized carbons (Fsp3) is 0.174. The molecule has 7 heteroatoms. The van der Waals surface area contributed by atoms with Crippen molar-refractivity contribution < 1.29 is 9.53 Å². The first-order chi connectivity index (χ1) is 14.5. The number of aromatic nitrogens is 1. The number of carbonyl (C=O) groups is 1. The van der Waals surface area contributed by atoms with Gasteiger partial charge in [0, 0.05) is 30.9 Å². The molecule has 5 aromatic rings. The molecular weight excluding hydrogens is 466 g/mol. The maximum atomic E-state index is 13.1. The lowest BCUT2D eigenvalue weighted by Gasteiger charge is -2.14. The summed E-state index contributed by atoms with van der Waals surface area (Å²) in [6.07, 6.45) is 0. The minimum Gasteiger partial charge on any atom is -0.463 e. The molecule has 5 nitrogen and oxygen atoms in total. The number of hydrogen-bond donors (Lipinski definition) is 0. The van der Waals surface area contributed by atoms with Crippen LogP contribution in [0.5, 0.6) is 0 Å². The van der Waals surface area contributed by atoms with Crippen molar-refractivity contribution in [3.8, 4) is 0 Å². The zero-order valence-corrected chi connectivity index (χ0v) is 18.4. The van der Waals surface area contributed by atoms with Gasteiger partial charge in [0.1, 0.15) is 11.4 Å². The van der Waals surface area contributed by atoms with Gasteiger partial charge in [-0.2, -0.15) is 0 Å². The summed E-state index contributed by atoms with van der Waals surface area (Å²) in [7, 11) is 0. The largest absolute Gasteiger partial charge is 0.463 e. The third-order valence-electron chi connectivity index (χ3n) is 5.35. The Bertz CT molecular complexity index is 1530. The van der Waals surface area contributed by atoms with Crippen LogP contribution in [-0.2, 0) is 16.1 Å². The van der Waals surface area contributed by atoms with Crippen LogP contribution in [0.25, 0.3) is 41.7 Å². The Morgan fingerprint density at radius 2 is 1.60 bits per heavy atom. The summed E-state index contributed by atoms with van der Waals surface area (Å²) in [5, 5.41) is 4.82. The summed E-state index contributed by atoms with van der Waals surface area (Å²) in [6.45, 7) is 1.64. The van der Waals surface area contributed by atoms with Crippen LogP contribution in [-0.4, -0.2) is 22.0 Å². The monoisotopic (exact) mass is 481 g/mol. The molecule has 3 aromatic carbocycles. The van der Waals surface area contributed by atoms with Gasteiger partial charge in [-0.1, -0.05) is 40.2 Å². The number of benzene rings is 3. The van der Waals surface area contributed by atoms with E-state index < -0.39 is 10.8 Å². The highest BCUT2D eigenvalue weighted by molar-refractivity contribution is 9.10. The summed E-state index contributed by atoms with van der Waals surface area (Å²) in [4.78, 5) is 37.5. The molecule has 0 bridgehead atoms. The lowest BCUT2D eigenvalue weighted by Crippen LogP contribution is -2.35. The maximum absolute atomic E-state index is 13.1. The molecule has 5 rings (SSSR count). The second-order valence-electron chi connectivity index (χ2n) is 7.17. The minimum atomic E-state index is -0.442. The van der Waals surface area contributed by atoms with E-state index in [4.69, 9.17) is 4.74 Å². The SMILES string of the molecule is CC(Br)C(=O)OCCn1c(=O)c2ccc3sc4ccccc4c4ccc(c1=O)c2c34. The number of nitrogens with zero attached hydrogens (tertiary/aromatic N) is 1. The fourth-order valence-corrected chi connectivity index (χ4v) is 5.22. The van der Waals surface area contributed by atoms with E-state index in [1.54, 1.807) is 30.4 Å². The van der Waals surface area contributed by atoms with E-state index in [0.29, 0.717) is 16.2 Å². The average Bonchev–Trinajstić information content (AvgIpc) is 2.75. The van der Waals surface area contributed by atoms with Crippen molar-refractivity contribution in [2.45, 2.75) is 18.3 Å². The van der Waals surface area contributed by atoms with Gasteiger partial charge in [-0.25, -0.2) is 0 Å². The summed E-state index contributed by atoms with van der Waals surface area (Å²) >= 11 is 4.80. The number of alkyl halides is 1. The molecule has 0 aliphatic heterocycles. The Kier molecular flexibility index (Phi) is 4.60. The molecule has 2 heterocycles. The van der Waals surface area contributed by atoms with Crippen LogP contribution in [0.2, 0.25) is 0 Å². The average molecular weight is 482 g/mol. The predicted octanol–water partition coefficient (Wildman–Crippen LogP) is 4.65. The standard InChI is InChI=1S/C23H16BrNO4S/c1-12(24)23(28)29-11-10-25-21(26)15-7-6-14-13-4-2-3-5-17(13)30-18-9-8-16(22(25)27)19(15)20(14)18/h2-9,12H,10-11H2,1H3. The maximum Gasteiger partial charge on any atom is 0.319 e. The molecule has 1 unspecified atom stereocenters. The van der Waals surface area contributed by atoms with Crippen molar-refractivity contribution in [3.63, 3.8) is 0 Å². The number of rotatable bonds is 4. The van der Waals surface area contributed by atoms with Crippen LogP contribution in [0.4, 0.5) is 0 Å². The van der Waals surface area contributed by atoms with E-state index in [9.17, 15) is 14.4 Å². The molecule has 0 amide bonds. The van der Waals surface area contributed by atoms with Crippen LogP contribution >= 0.6 is 27.3 Å². The summed E-state index contributed by atoms with van der Waals surface area (Å²) < 4.78 is 8.49.